The lowest BCUT2D eigenvalue weighted by Crippen LogP contribution is -2.51. The minimum Gasteiger partial charge on any atom is -0.379 e. The summed E-state index contributed by atoms with van der Waals surface area (Å²) in [6, 6.07) is 0.488. The van der Waals surface area contributed by atoms with Crippen LogP contribution < -0.4 is 10.6 Å². The molecule has 1 unspecified atom stereocenters. The molecule has 0 aromatic carbocycles. The van der Waals surface area contributed by atoms with Crippen molar-refractivity contribution < 1.29 is 9.53 Å². The number of carbonyl (C=O) groups is 1. The third kappa shape index (κ3) is 4.30. The zero-order valence-corrected chi connectivity index (χ0v) is 14.2. The van der Waals surface area contributed by atoms with Gasteiger partial charge in [0.2, 0.25) is 5.91 Å². The molecule has 0 spiro atoms. The molecule has 0 radical (unpaired) electrons. The number of nitrogens with zero attached hydrogens (tertiary/aromatic N) is 2. The molecule has 2 N–H and O–H groups in total. The van der Waals surface area contributed by atoms with E-state index >= 15 is 0 Å². The van der Waals surface area contributed by atoms with Crippen LogP contribution in [0.2, 0.25) is 0 Å². The number of nitrogens with one attached hydrogen (secondary N) is 2. The smallest absolute Gasteiger partial charge is 0.220 e. The molecule has 1 saturated heterocycles. The number of amides is 1. The molecule has 2 rings (SSSR count). The first-order valence-corrected chi connectivity index (χ1v) is 7.90. The second-order valence-corrected chi connectivity index (χ2v) is 6.87. The van der Waals surface area contributed by atoms with Crippen molar-refractivity contribution in [2.75, 3.05) is 7.11 Å². The molecule has 6 nitrogen and oxygen atoms in total. The highest BCUT2D eigenvalue weighted by Crippen LogP contribution is 2.25. The van der Waals surface area contributed by atoms with Crippen LogP contribution in [0.5, 0.6) is 0 Å². The number of rotatable bonds is 6. The molecular weight excluding hydrogens is 280 g/mol. The summed E-state index contributed by atoms with van der Waals surface area (Å²) in [6.45, 7) is 6.34. The molecule has 1 aliphatic heterocycles. The fraction of sp³-hybridized carbons (Fsp3) is 0.750. The molecule has 6 heteroatoms. The van der Waals surface area contributed by atoms with Crippen LogP contribution in [0.1, 0.15) is 51.6 Å². The van der Waals surface area contributed by atoms with E-state index in [1.165, 1.54) is 0 Å². The molecule has 1 fully saturated rings. The standard InChI is InChI=1S/C16H28N4O2/c1-11(8-16(2,3)22-5)18-13-6-7-14(21)19-15(13)12-9-17-20(4)10-12/h9-11,13,15,18H,6-8H2,1-5H3,(H,19,21)/t11?,13-,15+/m1/s1. The molecule has 1 aromatic rings. The van der Waals surface area contributed by atoms with E-state index in [4.69, 9.17) is 4.74 Å². The summed E-state index contributed by atoms with van der Waals surface area (Å²) in [4.78, 5) is 11.8. The van der Waals surface area contributed by atoms with Gasteiger partial charge in [0.25, 0.3) is 0 Å². The van der Waals surface area contributed by atoms with E-state index in [0.29, 0.717) is 12.5 Å². The largest absolute Gasteiger partial charge is 0.379 e. The molecule has 1 aliphatic rings. The first-order chi connectivity index (χ1) is 10.3. The Morgan fingerprint density at radius 2 is 2.32 bits per heavy atom. The maximum Gasteiger partial charge on any atom is 0.220 e. The third-order valence-corrected chi connectivity index (χ3v) is 4.33. The van der Waals surface area contributed by atoms with E-state index in [0.717, 1.165) is 18.4 Å². The normalized spacial score (nSPS) is 24.1. The van der Waals surface area contributed by atoms with E-state index in [1.807, 2.05) is 19.4 Å². The molecule has 1 aromatic heterocycles. The third-order valence-electron chi connectivity index (χ3n) is 4.33. The topological polar surface area (TPSA) is 68.2 Å². The summed E-state index contributed by atoms with van der Waals surface area (Å²) < 4.78 is 7.27. The van der Waals surface area contributed by atoms with Gasteiger partial charge in [0.05, 0.1) is 17.8 Å². The van der Waals surface area contributed by atoms with Gasteiger partial charge in [-0.15, -0.1) is 0 Å². The van der Waals surface area contributed by atoms with Crippen molar-refractivity contribution in [3.8, 4) is 0 Å². The first-order valence-electron chi connectivity index (χ1n) is 7.90. The Hall–Kier alpha value is -1.40. The maximum atomic E-state index is 11.8. The van der Waals surface area contributed by atoms with Gasteiger partial charge in [-0.05, 0) is 33.6 Å². The summed E-state index contributed by atoms with van der Waals surface area (Å²) in [5.41, 5.74) is 0.889. The van der Waals surface area contributed by atoms with Crippen molar-refractivity contribution in [3.63, 3.8) is 0 Å². The lowest BCUT2D eigenvalue weighted by Gasteiger charge is -2.36. The van der Waals surface area contributed by atoms with E-state index in [9.17, 15) is 4.79 Å². The van der Waals surface area contributed by atoms with Crippen molar-refractivity contribution in [1.29, 1.82) is 0 Å². The van der Waals surface area contributed by atoms with Crippen LogP contribution in [-0.2, 0) is 16.6 Å². The highest BCUT2D eigenvalue weighted by atomic mass is 16.5. The Morgan fingerprint density at radius 1 is 1.59 bits per heavy atom. The average molecular weight is 308 g/mol. The Kier molecular flexibility index (Phi) is 5.24. The number of ether oxygens (including phenoxy) is 1. The summed E-state index contributed by atoms with van der Waals surface area (Å²) >= 11 is 0. The fourth-order valence-electron chi connectivity index (χ4n) is 3.14. The zero-order chi connectivity index (χ0) is 16.3. The number of methoxy groups -OCH3 is 1. The quantitative estimate of drug-likeness (QED) is 0.836. The molecule has 2 heterocycles. The number of hydrogen-bond donors (Lipinski definition) is 2. The van der Waals surface area contributed by atoms with Gasteiger partial charge in [0.1, 0.15) is 0 Å². The summed E-state index contributed by atoms with van der Waals surface area (Å²) in [7, 11) is 3.63. The molecule has 124 valence electrons. The molecule has 1 amide bonds. The van der Waals surface area contributed by atoms with Crippen LogP contribution in [0, 0.1) is 0 Å². The van der Waals surface area contributed by atoms with Gasteiger partial charge in [0, 0.05) is 44.4 Å². The Bertz CT molecular complexity index is 512. The number of carbonyl (C=O) groups excluding carboxylic acids is 1. The Labute approximate surface area is 132 Å². The van der Waals surface area contributed by atoms with E-state index in [2.05, 4.69) is 36.5 Å². The van der Waals surface area contributed by atoms with Crippen molar-refractivity contribution in [2.24, 2.45) is 7.05 Å². The zero-order valence-electron chi connectivity index (χ0n) is 14.2. The van der Waals surface area contributed by atoms with E-state index < -0.39 is 0 Å². The number of piperidine rings is 1. The average Bonchev–Trinajstić information content (AvgIpc) is 2.86. The summed E-state index contributed by atoms with van der Waals surface area (Å²) in [5, 5.41) is 11.0. The second-order valence-electron chi connectivity index (χ2n) is 6.87. The van der Waals surface area contributed by atoms with Crippen LogP contribution in [0.4, 0.5) is 0 Å². The molecule has 22 heavy (non-hydrogen) atoms. The van der Waals surface area contributed by atoms with Crippen LogP contribution in [0.15, 0.2) is 12.4 Å². The number of aryl methyl sites for hydroxylation is 1. The Balaban J connectivity index is 2.05. The lowest BCUT2D eigenvalue weighted by atomic mass is 9.91. The maximum absolute atomic E-state index is 11.8. The fourth-order valence-corrected chi connectivity index (χ4v) is 3.14. The van der Waals surface area contributed by atoms with Gasteiger partial charge in [-0.2, -0.15) is 5.10 Å². The lowest BCUT2D eigenvalue weighted by molar-refractivity contribution is -0.124. The van der Waals surface area contributed by atoms with Crippen LogP contribution >= 0.6 is 0 Å². The minimum atomic E-state index is -0.159. The van der Waals surface area contributed by atoms with Crippen LogP contribution in [0.25, 0.3) is 0 Å². The molecule has 0 saturated carbocycles. The monoisotopic (exact) mass is 308 g/mol. The second kappa shape index (κ2) is 6.79. The number of aromatic nitrogens is 2. The SMILES string of the molecule is COC(C)(C)CC(C)N[C@@H]1CCC(=O)N[C@H]1c1cnn(C)c1. The molecular formula is C16H28N4O2. The number of hydrogen-bond acceptors (Lipinski definition) is 4. The Morgan fingerprint density at radius 3 is 2.91 bits per heavy atom. The van der Waals surface area contributed by atoms with Gasteiger partial charge in [0.15, 0.2) is 0 Å². The van der Waals surface area contributed by atoms with Gasteiger partial charge in [-0.25, -0.2) is 0 Å². The van der Waals surface area contributed by atoms with Crippen molar-refractivity contribution in [2.45, 2.75) is 63.8 Å². The van der Waals surface area contributed by atoms with Gasteiger partial charge in [-0.3, -0.25) is 9.48 Å². The van der Waals surface area contributed by atoms with Crippen LogP contribution in [0.3, 0.4) is 0 Å². The minimum absolute atomic E-state index is 0.0249. The van der Waals surface area contributed by atoms with Gasteiger partial charge in [-0.1, -0.05) is 0 Å². The predicted octanol–water partition coefficient (Wildman–Crippen LogP) is 1.53. The summed E-state index contributed by atoms with van der Waals surface area (Å²) in [5.74, 6) is 0.108. The van der Waals surface area contributed by atoms with E-state index in [-0.39, 0.29) is 23.6 Å². The predicted molar refractivity (Wildman–Crippen MR) is 85.4 cm³/mol. The van der Waals surface area contributed by atoms with Gasteiger partial charge >= 0.3 is 0 Å². The van der Waals surface area contributed by atoms with Crippen LogP contribution in [-0.4, -0.2) is 40.5 Å². The first kappa shape index (κ1) is 17.0. The highest BCUT2D eigenvalue weighted by Gasteiger charge is 2.32. The van der Waals surface area contributed by atoms with E-state index in [1.54, 1.807) is 11.8 Å². The molecule has 0 bridgehead atoms. The van der Waals surface area contributed by atoms with Gasteiger partial charge < -0.3 is 15.4 Å². The van der Waals surface area contributed by atoms with Crippen molar-refractivity contribution in [1.82, 2.24) is 20.4 Å². The van der Waals surface area contributed by atoms with Crippen molar-refractivity contribution >= 4 is 5.91 Å². The highest BCUT2D eigenvalue weighted by molar-refractivity contribution is 5.77. The van der Waals surface area contributed by atoms with Crippen molar-refractivity contribution in [3.05, 3.63) is 18.0 Å². The summed E-state index contributed by atoms with van der Waals surface area (Å²) in [6.07, 6.45) is 6.11. The molecule has 0 aliphatic carbocycles. The molecule has 3 atom stereocenters.